The predicted molar refractivity (Wildman–Crippen MR) is 84.3 cm³/mol. The second kappa shape index (κ2) is 7.53. The summed E-state index contributed by atoms with van der Waals surface area (Å²) < 4.78 is 0. The maximum Gasteiger partial charge on any atom is 0.141 e. The van der Waals surface area contributed by atoms with Crippen LogP contribution in [-0.2, 0) is 16.0 Å². The van der Waals surface area contributed by atoms with E-state index < -0.39 is 0 Å². The van der Waals surface area contributed by atoms with E-state index in [1.54, 1.807) is 6.92 Å². The monoisotopic (exact) mass is 280 g/mol. The average molecular weight is 280 g/mol. The van der Waals surface area contributed by atoms with E-state index in [9.17, 15) is 9.59 Å². The standard InChI is InChI=1S/C19H20O2/c1-15(20)14-18(17-10-6-3-7-11-17)19(21)13-12-16-8-4-2-5-9-16/h2-11,18H,12-14H2,1H3. The Labute approximate surface area is 125 Å². The van der Waals surface area contributed by atoms with Crippen LogP contribution in [0.5, 0.6) is 0 Å². The Morgan fingerprint density at radius 1 is 0.905 bits per heavy atom. The number of Topliss-reactive ketones (excluding diaryl/α,β-unsaturated/α-hetero) is 2. The molecule has 0 N–H and O–H groups in total. The Hall–Kier alpha value is -2.22. The lowest BCUT2D eigenvalue weighted by Crippen LogP contribution is -2.16. The van der Waals surface area contributed by atoms with E-state index in [0.717, 1.165) is 17.5 Å². The van der Waals surface area contributed by atoms with E-state index in [-0.39, 0.29) is 23.9 Å². The minimum Gasteiger partial charge on any atom is -0.300 e. The van der Waals surface area contributed by atoms with Gasteiger partial charge >= 0.3 is 0 Å². The van der Waals surface area contributed by atoms with Crippen molar-refractivity contribution >= 4 is 11.6 Å². The van der Waals surface area contributed by atoms with Crippen molar-refractivity contribution in [3.05, 3.63) is 71.8 Å². The van der Waals surface area contributed by atoms with Gasteiger partial charge in [-0.2, -0.15) is 0 Å². The molecule has 0 saturated heterocycles. The van der Waals surface area contributed by atoms with Gasteiger partial charge in [0.05, 0.1) is 0 Å². The molecule has 0 fully saturated rings. The van der Waals surface area contributed by atoms with Crippen LogP contribution in [-0.4, -0.2) is 11.6 Å². The van der Waals surface area contributed by atoms with Crippen molar-refractivity contribution in [1.82, 2.24) is 0 Å². The third-order valence-corrected chi connectivity index (χ3v) is 3.59. The van der Waals surface area contributed by atoms with Gasteiger partial charge in [-0.15, -0.1) is 0 Å². The summed E-state index contributed by atoms with van der Waals surface area (Å²) in [5.74, 6) is -0.121. The summed E-state index contributed by atoms with van der Waals surface area (Å²) in [4.78, 5) is 24.0. The summed E-state index contributed by atoms with van der Waals surface area (Å²) >= 11 is 0. The van der Waals surface area contributed by atoms with Crippen LogP contribution in [0.15, 0.2) is 60.7 Å². The molecular weight excluding hydrogens is 260 g/mol. The third-order valence-electron chi connectivity index (χ3n) is 3.59. The van der Waals surface area contributed by atoms with Crippen molar-refractivity contribution in [1.29, 1.82) is 0 Å². The lowest BCUT2D eigenvalue weighted by molar-refractivity contribution is -0.124. The maximum atomic E-state index is 12.5. The van der Waals surface area contributed by atoms with Gasteiger partial charge in [0.25, 0.3) is 0 Å². The van der Waals surface area contributed by atoms with Gasteiger partial charge in [-0.3, -0.25) is 9.59 Å². The molecule has 0 bridgehead atoms. The number of aryl methyl sites for hydroxylation is 1. The predicted octanol–water partition coefficient (Wildman–Crippen LogP) is 3.95. The highest BCUT2D eigenvalue weighted by Crippen LogP contribution is 2.23. The molecule has 108 valence electrons. The van der Waals surface area contributed by atoms with Crippen molar-refractivity contribution in [2.45, 2.75) is 32.1 Å². The summed E-state index contributed by atoms with van der Waals surface area (Å²) in [6.45, 7) is 1.54. The number of hydrogen-bond donors (Lipinski definition) is 0. The summed E-state index contributed by atoms with van der Waals surface area (Å²) in [5.41, 5.74) is 2.09. The van der Waals surface area contributed by atoms with Gasteiger partial charge in [0.1, 0.15) is 11.6 Å². The normalized spacial score (nSPS) is 11.9. The molecule has 2 aromatic carbocycles. The summed E-state index contributed by atoms with van der Waals surface area (Å²) in [6.07, 6.45) is 1.48. The van der Waals surface area contributed by atoms with E-state index in [1.807, 2.05) is 60.7 Å². The molecule has 0 saturated carbocycles. The van der Waals surface area contributed by atoms with Crippen LogP contribution < -0.4 is 0 Å². The number of carbonyl (C=O) groups is 2. The van der Waals surface area contributed by atoms with Crippen LogP contribution in [0.25, 0.3) is 0 Å². The Bertz CT molecular complexity index is 587. The van der Waals surface area contributed by atoms with Crippen molar-refractivity contribution in [3.8, 4) is 0 Å². The first-order chi connectivity index (χ1) is 10.2. The van der Waals surface area contributed by atoms with Crippen molar-refractivity contribution in [2.75, 3.05) is 0 Å². The average Bonchev–Trinajstić information content (AvgIpc) is 2.52. The fourth-order valence-electron chi connectivity index (χ4n) is 2.48. The molecule has 21 heavy (non-hydrogen) atoms. The number of rotatable bonds is 7. The molecule has 0 amide bonds. The van der Waals surface area contributed by atoms with Gasteiger partial charge in [-0.25, -0.2) is 0 Å². The number of benzene rings is 2. The Morgan fingerprint density at radius 3 is 2.05 bits per heavy atom. The van der Waals surface area contributed by atoms with Crippen LogP contribution in [0.2, 0.25) is 0 Å². The lowest BCUT2D eigenvalue weighted by Gasteiger charge is -2.15. The first-order valence-corrected chi connectivity index (χ1v) is 7.28. The molecule has 0 aliphatic heterocycles. The fraction of sp³-hybridized carbons (Fsp3) is 0.263. The van der Waals surface area contributed by atoms with E-state index in [0.29, 0.717) is 6.42 Å². The van der Waals surface area contributed by atoms with Gasteiger partial charge in [-0.05, 0) is 24.5 Å². The molecule has 2 aromatic rings. The SMILES string of the molecule is CC(=O)CC(C(=O)CCc1ccccc1)c1ccccc1. The Kier molecular flexibility index (Phi) is 5.44. The quantitative estimate of drug-likeness (QED) is 0.769. The smallest absolute Gasteiger partial charge is 0.141 e. The molecule has 0 radical (unpaired) electrons. The van der Waals surface area contributed by atoms with E-state index in [1.165, 1.54) is 0 Å². The van der Waals surface area contributed by atoms with Gasteiger partial charge in [-0.1, -0.05) is 60.7 Å². The van der Waals surface area contributed by atoms with Crippen LogP contribution in [0.4, 0.5) is 0 Å². The third kappa shape index (κ3) is 4.67. The van der Waals surface area contributed by atoms with Crippen molar-refractivity contribution in [3.63, 3.8) is 0 Å². The zero-order chi connectivity index (χ0) is 15.1. The van der Waals surface area contributed by atoms with E-state index >= 15 is 0 Å². The largest absolute Gasteiger partial charge is 0.300 e. The summed E-state index contributed by atoms with van der Waals surface area (Å²) in [7, 11) is 0. The molecule has 2 nitrogen and oxygen atoms in total. The second-order valence-corrected chi connectivity index (χ2v) is 5.32. The van der Waals surface area contributed by atoms with Gasteiger partial charge in [0.15, 0.2) is 0 Å². The minimum absolute atomic E-state index is 0.0527. The fourth-order valence-corrected chi connectivity index (χ4v) is 2.48. The van der Waals surface area contributed by atoms with Gasteiger partial charge < -0.3 is 0 Å². The van der Waals surface area contributed by atoms with E-state index in [4.69, 9.17) is 0 Å². The van der Waals surface area contributed by atoms with Gasteiger partial charge in [0, 0.05) is 18.8 Å². The molecule has 2 heteroatoms. The molecule has 0 aromatic heterocycles. The zero-order valence-electron chi connectivity index (χ0n) is 12.3. The molecule has 0 aliphatic carbocycles. The van der Waals surface area contributed by atoms with Crippen molar-refractivity contribution in [2.24, 2.45) is 0 Å². The van der Waals surface area contributed by atoms with Crippen LogP contribution in [0, 0.1) is 0 Å². The minimum atomic E-state index is -0.313. The molecule has 0 aliphatic rings. The number of hydrogen-bond acceptors (Lipinski definition) is 2. The topological polar surface area (TPSA) is 34.1 Å². The van der Waals surface area contributed by atoms with Gasteiger partial charge in [0.2, 0.25) is 0 Å². The highest BCUT2D eigenvalue weighted by molar-refractivity contribution is 5.91. The molecule has 1 atom stereocenters. The highest BCUT2D eigenvalue weighted by Gasteiger charge is 2.21. The Morgan fingerprint density at radius 2 is 1.48 bits per heavy atom. The lowest BCUT2D eigenvalue weighted by atomic mass is 9.87. The first kappa shape index (κ1) is 15.2. The zero-order valence-corrected chi connectivity index (χ0v) is 12.3. The molecule has 0 heterocycles. The van der Waals surface area contributed by atoms with Crippen molar-refractivity contribution < 1.29 is 9.59 Å². The first-order valence-electron chi connectivity index (χ1n) is 7.28. The molecule has 0 spiro atoms. The maximum absolute atomic E-state index is 12.5. The number of carbonyl (C=O) groups excluding carboxylic acids is 2. The van der Waals surface area contributed by atoms with E-state index in [2.05, 4.69) is 0 Å². The van der Waals surface area contributed by atoms with Crippen LogP contribution >= 0.6 is 0 Å². The Balaban J connectivity index is 2.06. The molecule has 1 unspecified atom stereocenters. The molecular formula is C19H20O2. The van der Waals surface area contributed by atoms with Crippen LogP contribution in [0.3, 0.4) is 0 Å². The summed E-state index contributed by atoms with van der Waals surface area (Å²) in [6, 6.07) is 19.6. The van der Waals surface area contributed by atoms with Crippen LogP contribution in [0.1, 0.15) is 36.8 Å². The molecule has 2 rings (SSSR count). The second-order valence-electron chi connectivity index (χ2n) is 5.32. The number of ketones is 2. The summed E-state index contributed by atoms with van der Waals surface area (Å²) in [5, 5.41) is 0. The highest BCUT2D eigenvalue weighted by atomic mass is 16.1.